The Bertz CT molecular complexity index is 1320. The topological polar surface area (TPSA) is 145 Å². The number of hydrogen-bond donors (Lipinski definition) is 3. The van der Waals surface area contributed by atoms with E-state index >= 15 is 0 Å². The maximum Gasteiger partial charge on any atom is 0.273 e. The lowest BCUT2D eigenvalue weighted by Crippen LogP contribution is -2.58. The number of nitrogens with one attached hydrogen (secondary N) is 1. The van der Waals surface area contributed by atoms with Gasteiger partial charge >= 0.3 is 0 Å². The number of carbonyl (C=O) groups is 1. The number of anilines is 2. The Labute approximate surface area is 241 Å². The minimum Gasteiger partial charge on any atom is -0.395 e. The molecular weight excluding hydrogens is 554 g/mol. The molecule has 2 aliphatic heterocycles. The molecule has 40 heavy (non-hydrogen) atoms. The highest BCUT2D eigenvalue weighted by molar-refractivity contribution is 7.90. The van der Waals surface area contributed by atoms with Crippen LogP contribution >= 0.6 is 11.6 Å². The quantitative estimate of drug-likeness (QED) is 0.393. The van der Waals surface area contributed by atoms with Crippen molar-refractivity contribution in [2.75, 3.05) is 62.8 Å². The average molecular weight is 594 g/mol. The molecule has 13 heteroatoms. The fourth-order valence-electron chi connectivity index (χ4n) is 5.73. The van der Waals surface area contributed by atoms with Gasteiger partial charge in [0.15, 0.2) is 32.3 Å². The molecule has 220 valence electrons. The number of nitrogens with two attached hydrogens (primary N) is 1. The van der Waals surface area contributed by atoms with Crippen molar-refractivity contribution in [3.05, 3.63) is 40.2 Å². The van der Waals surface area contributed by atoms with E-state index in [1.54, 1.807) is 6.07 Å². The van der Waals surface area contributed by atoms with Gasteiger partial charge in [-0.15, -0.1) is 0 Å². The van der Waals surface area contributed by atoms with E-state index in [9.17, 15) is 13.2 Å². The van der Waals surface area contributed by atoms with Gasteiger partial charge in [-0.3, -0.25) is 14.6 Å². The second kappa shape index (κ2) is 13.0. The van der Waals surface area contributed by atoms with Crippen LogP contribution in [0.3, 0.4) is 0 Å². The number of nitrogens with zero attached hydrogens (tertiary/aromatic N) is 5. The van der Waals surface area contributed by atoms with E-state index in [4.69, 9.17) is 22.4 Å². The summed E-state index contributed by atoms with van der Waals surface area (Å²) in [5, 5.41) is 11.6. The second-order valence-electron chi connectivity index (χ2n) is 10.7. The normalized spacial score (nSPS) is 19.6. The van der Waals surface area contributed by atoms with E-state index in [2.05, 4.69) is 36.9 Å². The summed E-state index contributed by atoms with van der Waals surface area (Å²) in [6.07, 6.45) is 4.27. The van der Waals surface area contributed by atoms with Crippen molar-refractivity contribution in [1.82, 2.24) is 25.1 Å². The first-order valence-corrected chi connectivity index (χ1v) is 16.0. The number of aromatic nitrogens is 2. The Balaban J connectivity index is 1.38. The van der Waals surface area contributed by atoms with E-state index in [1.165, 1.54) is 6.26 Å². The number of sulfone groups is 1. The van der Waals surface area contributed by atoms with E-state index in [1.807, 2.05) is 19.1 Å². The molecule has 2 fully saturated rings. The Morgan fingerprint density at radius 2 is 1.93 bits per heavy atom. The van der Waals surface area contributed by atoms with Crippen LogP contribution in [0.5, 0.6) is 0 Å². The van der Waals surface area contributed by atoms with Crippen LogP contribution in [0.15, 0.2) is 23.1 Å². The summed E-state index contributed by atoms with van der Waals surface area (Å²) < 4.78 is 24.7. The van der Waals surface area contributed by atoms with Crippen LogP contribution in [0.25, 0.3) is 0 Å². The summed E-state index contributed by atoms with van der Waals surface area (Å²) in [6, 6.07) is 6.43. The van der Waals surface area contributed by atoms with Crippen LogP contribution in [0, 0.1) is 6.92 Å². The Morgan fingerprint density at radius 1 is 1.20 bits per heavy atom. The molecule has 11 nitrogen and oxygen atoms in total. The third-order valence-corrected chi connectivity index (χ3v) is 9.25. The summed E-state index contributed by atoms with van der Waals surface area (Å²) >= 11 is 6.46. The smallest absolute Gasteiger partial charge is 0.273 e. The molecule has 1 atom stereocenters. The number of nitrogen functional groups attached to an aromatic ring is 1. The fraction of sp³-hybridized carbons (Fsp3) is 0.593. The zero-order valence-electron chi connectivity index (χ0n) is 23.4. The number of aryl methyl sites for hydroxylation is 1. The minimum atomic E-state index is -3.29. The molecule has 4 rings (SSSR count). The van der Waals surface area contributed by atoms with Crippen molar-refractivity contribution < 1.29 is 18.3 Å². The van der Waals surface area contributed by atoms with Gasteiger partial charge in [0.1, 0.15) is 0 Å². The standard InChI is InChI=1S/C27H40ClN7O4S/c1-4-20-17-34(26-24(28)31-23(25(29)32-26)27(37)30-9-14-36)12-13-35(20)21-7-10-33(11-8-21)16-19-6-5-18(2)15-22(19)40(3,38)39/h5-6,15,20-21,36H,4,7-14,16-17H2,1-3H3,(H2,29,32)(H,30,37)/t20-/m0/s1. The summed E-state index contributed by atoms with van der Waals surface area (Å²) in [5.74, 6) is -0.0408. The minimum absolute atomic E-state index is 0.00490. The van der Waals surface area contributed by atoms with Crippen LogP contribution in [0.4, 0.5) is 11.6 Å². The Kier molecular flexibility index (Phi) is 9.89. The number of piperidine rings is 1. The largest absolute Gasteiger partial charge is 0.395 e. The second-order valence-corrected chi connectivity index (χ2v) is 13.0. The monoisotopic (exact) mass is 593 g/mol. The fourth-order valence-corrected chi connectivity index (χ4v) is 6.99. The Morgan fingerprint density at radius 3 is 2.58 bits per heavy atom. The first kappa shape index (κ1) is 30.4. The molecule has 3 heterocycles. The van der Waals surface area contributed by atoms with Gasteiger partial charge in [-0.2, -0.15) is 0 Å². The lowest BCUT2D eigenvalue weighted by Gasteiger charge is -2.47. The molecule has 2 saturated heterocycles. The number of likely N-dealkylation sites (tertiary alicyclic amines) is 1. The van der Waals surface area contributed by atoms with Crippen LogP contribution in [0.2, 0.25) is 5.15 Å². The van der Waals surface area contributed by atoms with Crippen molar-refractivity contribution in [3.63, 3.8) is 0 Å². The zero-order chi connectivity index (χ0) is 29.0. The number of piperazine rings is 1. The lowest BCUT2D eigenvalue weighted by atomic mass is 9.97. The van der Waals surface area contributed by atoms with E-state index in [-0.39, 0.29) is 29.8 Å². The van der Waals surface area contributed by atoms with Gasteiger partial charge < -0.3 is 21.1 Å². The van der Waals surface area contributed by atoms with Gasteiger partial charge in [-0.05, 0) is 56.5 Å². The molecule has 4 N–H and O–H groups in total. The van der Waals surface area contributed by atoms with E-state index in [0.717, 1.165) is 56.6 Å². The Hall–Kier alpha value is -2.51. The maximum absolute atomic E-state index is 12.3. The summed E-state index contributed by atoms with van der Waals surface area (Å²) in [6.45, 7) is 8.72. The molecule has 0 bridgehead atoms. The van der Waals surface area contributed by atoms with E-state index in [0.29, 0.717) is 35.9 Å². The van der Waals surface area contributed by atoms with E-state index < -0.39 is 15.7 Å². The van der Waals surface area contributed by atoms with Gasteiger partial charge in [0.2, 0.25) is 0 Å². The van der Waals surface area contributed by atoms with Gasteiger partial charge in [0.25, 0.3) is 5.91 Å². The molecule has 0 aliphatic carbocycles. The number of hydrogen-bond acceptors (Lipinski definition) is 10. The third kappa shape index (κ3) is 7.03. The van der Waals surface area contributed by atoms with Crippen molar-refractivity contribution >= 4 is 39.0 Å². The van der Waals surface area contributed by atoms with Crippen molar-refractivity contribution in [2.24, 2.45) is 0 Å². The first-order valence-electron chi connectivity index (χ1n) is 13.8. The highest BCUT2D eigenvalue weighted by atomic mass is 35.5. The molecule has 1 aromatic heterocycles. The molecule has 1 amide bonds. The molecular formula is C27H40ClN7O4S. The van der Waals surface area contributed by atoms with Crippen LogP contribution in [0.1, 0.15) is 47.8 Å². The third-order valence-electron chi connectivity index (χ3n) is 7.82. The summed E-state index contributed by atoms with van der Waals surface area (Å²) in [5.41, 5.74) is 7.82. The summed E-state index contributed by atoms with van der Waals surface area (Å²) in [7, 11) is -3.29. The highest BCUT2D eigenvalue weighted by Crippen LogP contribution is 2.30. The molecule has 2 aromatic rings. The van der Waals surface area contributed by atoms with Crippen LogP contribution < -0.4 is 16.0 Å². The number of amides is 1. The predicted octanol–water partition coefficient (Wildman–Crippen LogP) is 1.71. The summed E-state index contributed by atoms with van der Waals surface area (Å²) in [4.78, 5) is 28.4. The van der Waals surface area contributed by atoms with Crippen LogP contribution in [-0.4, -0.2) is 103 Å². The first-order chi connectivity index (χ1) is 19.0. The van der Waals surface area contributed by atoms with Crippen molar-refractivity contribution in [1.29, 1.82) is 0 Å². The number of aliphatic hydroxyl groups is 1. The molecule has 0 unspecified atom stereocenters. The predicted molar refractivity (Wildman–Crippen MR) is 156 cm³/mol. The molecule has 0 radical (unpaired) electrons. The molecule has 1 aromatic carbocycles. The molecule has 0 saturated carbocycles. The zero-order valence-corrected chi connectivity index (χ0v) is 25.0. The van der Waals surface area contributed by atoms with Gasteiger partial charge in [0.05, 0.1) is 11.5 Å². The number of carbonyl (C=O) groups excluding carboxylic acids is 1. The van der Waals surface area contributed by atoms with Crippen molar-refractivity contribution in [3.8, 4) is 0 Å². The maximum atomic E-state index is 12.3. The van der Waals surface area contributed by atoms with Gasteiger partial charge in [-0.1, -0.05) is 30.7 Å². The molecule has 2 aliphatic rings. The van der Waals surface area contributed by atoms with Gasteiger partial charge in [-0.25, -0.2) is 18.4 Å². The highest BCUT2D eigenvalue weighted by Gasteiger charge is 2.34. The molecule has 0 spiro atoms. The number of rotatable bonds is 9. The number of aliphatic hydroxyl groups excluding tert-OH is 1. The van der Waals surface area contributed by atoms with Crippen molar-refractivity contribution in [2.45, 2.75) is 56.6 Å². The number of benzene rings is 1. The SMILES string of the molecule is CC[C@H]1CN(c2nc(N)c(C(=O)NCCO)nc2Cl)CCN1C1CCN(Cc2ccc(C)cc2S(C)(=O)=O)CC1. The van der Waals surface area contributed by atoms with Crippen LogP contribution in [-0.2, 0) is 16.4 Å². The average Bonchev–Trinajstić information content (AvgIpc) is 2.93. The number of halogens is 1. The van der Waals surface area contributed by atoms with Gasteiger partial charge in [0, 0.05) is 51.1 Å². The lowest BCUT2D eigenvalue weighted by molar-refractivity contribution is 0.0608.